The zero-order chi connectivity index (χ0) is 13.7. The zero-order valence-electron chi connectivity index (χ0n) is 10.3. The maximum Gasteiger partial charge on any atom is 0.276 e. The fourth-order valence-electron chi connectivity index (χ4n) is 1.41. The van der Waals surface area contributed by atoms with Crippen LogP contribution in [0.25, 0.3) is 0 Å². The van der Waals surface area contributed by atoms with Crippen molar-refractivity contribution in [1.29, 1.82) is 0 Å². The number of aromatic nitrogens is 1. The SMILES string of the molecule is CC(=NNS(=O)(=O)c1ccccc1)c1ccccn1. The predicted octanol–water partition coefficient (Wildman–Crippen LogP) is 1.78. The van der Waals surface area contributed by atoms with Crippen LogP contribution in [0, 0.1) is 0 Å². The van der Waals surface area contributed by atoms with Crippen LogP contribution in [0.3, 0.4) is 0 Å². The van der Waals surface area contributed by atoms with Gasteiger partial charge in [-0.25, -0.2) is 0 Å². The van der Waals surface area contributed by atoms with Gasteiger partial charge in [0.2, 0.25) is 0 Å². The third kappa shape index (κ3) is 3.38. The molecular weight excluding hydrogens is 262 g/mol. The predicted molar refractivity (Wildman–Crippen MR) is 73.2 cm³/mol. The first kappa shape index (κ1) is 13.2. The molecule has 6 heteroatoms. The van der Waals surface area contributed by atoms with Crippen LogP contribution in [0.1, 0.15) is 12.6 Å². The maximum absolute atomic E-state index is 11.9. The number of hydrazone groups is 1. The first-order valence-electron chi connectivity index (χ1n) is 5.62. The van der Waals surface area contributed by atoms with E-state index in [1.54, 1.807) is 43.5 Å². The summed E-state index contributed by atoms with van der Waals surface area (Å²) < 4.78 is 23.9. The van der Waals surface area contributed by atoms with Crippen LogP contribution in [-0.2, 0) is 10.0 Å². The number of nitrogens with one attached hydrogen (secondary N) is 1. The van der Waals surface area contributed by atoms with Gasteiger partial charge in [0.25, 0.3) is 10.0 Å². The molecule has 1 N–H and O–H groups in total. The van der Waals surface area contributed by atoms with E-state index in [4.69, 9.17) is 0 Å². The van der Waals surface area contributed by atoms with Gasteiger partial charge in [0.05, 0.1) is 16.3 Å². The van der Waals surface area contributed by atoms with Gasteiger partial charge in [-0.15, -0.1) is 0 Å². The lowest BCUT2D eigenvalue weighted by molar-refractivity contribution is 0.584. The van der Waals surface area contributed by atoms with Crippen LogP contribution in [0.15, 0.2) is 64.7 Å². The lowest BCUT2D eigenvalue weighted by Crippen LogP contribution is -2.20. The van der Waals surface area contributed by atoms with E-state index >= 15 is 0 Å². The van der Waals surface area contributed by atoms with E-state index in [9.17, 15) is 8.42 Å². The Morgan fingerprint density at radius 1 is 1.11 bits per heavy atom. The second-order valence-corrected chi connectivity index (χ2v) is 5.48. The van der Waals surface area contributed by atoms with Crippen molar-refractivity contribution in [1.82, 2.24) is 9.82 Å². The van der Waals surface area contributed by atoms with Crippen molar-refractivity contribution in [3.63, 3.8) is 0 Å². The molecule has 0 fully saturated rings. The molecule has 5 nitrogen and oxygen atoms in total. The quantitative estimate of drug-likeness (QED) is 0.683. The molecule has 19 heavy (non-hydrogen) atoms. The molecule has 0 saturated carbocycles. The Morgan fingerprint density at radius 3 is 2.42 bits per heavy atom. The Balaban J connectivity index is 2.19. The monoisotopic (exact) mass is 275 g/mol. The van der Waals surface area contributed by atoms with Crippen molar-refractivity contribution in [2.75, 3.05) is 0 Å². The third-order valence-corrected chi connectivity index (χ3v) is 3.65. The molecule has 1 aromatic heterocycles. The first-order chi connectivity index (χ1) is 9.09. The summed E-state index contributed by atoms with van der Waals surface area (Å²) in [6, 6.07) is 13.4. The fraction of sp³-hybridized carbons (Fsp3) is 0.0769. The van der Waals surface area contributed by atoms with Gasteiger partial charge in [0, 0.05) is 6.20 Å². The van der Waals surface area contributed by atoms with Gasteiger partial charge in [-0.3, -0.25) is 4.98 Å². The average Bonchev–Trinajstić information content (AvgIpc) is 2.47. The molecule has 0 unspecified atom stereocenters. The molecule has 2 rings (SSSR count). The molecule has 0 bridgehead atoms. The van der Waals surface area contributed by atoms with E-state index in [-0.39, 0.29) is 4.90 Å². The van der Waals surface area contributed by atoms with Crippen LogP contribution < -0.4 is 4.83 Å². The maximum atomic E-state index is 11.9. The van der Waals surface area contributed by atoms with Gasteiger partial charge < -0.3 is 0 Å². The molecule has 0 atom stereocenters. The highest BCUT2D eigenvalue weighted by atomic mass is 32.2. The Kier molecular flexibility index (Phi) is 3.91. The van der Waals surface area contributed by atoms with Crippen molar-refractivity contribution in [3.05, 3.63) is 60.4 Å². The third-order valence-electron chi connectivity index (χ3n) is 2.42. The van der Waals surface area contributed by atoms with Gasteiger partial charge in [-0.05, 0) is 31.2 Å². The van der Waals surface area contributed by atoms with E-state index in [1.807, 2.05) is 6.07 Å². The largest absolute Gasteiger partial charge is 0.276 e. The van der Waals surface area contributed by atoms with Crippen LogP contribution in [0.2, 0.25) is 0 Å². The molecule has 0 aliphatic rings. The lowest BCUT2D eigenvalue weighted by atomic mass is 10.3. The van der Waals surface area contributed by atoms with E-state index < -0.39 is 10.0 Å². The van der Waals surface area contributed by atoms with Gasteiger partial charge >= 0.3 is 0 Å². The van der Waals surface area contributed by atoms with Crippen molar-refractivity contribution in [2.24, 2.45) is 5.10 Å². The molecule has 1 aromatic carbocycles. The number of benzene rings is 1. The minimum absolute atomic E-state index is 0.174. The minimum Gasteiger partial charge on any atom is -0.255 e. The number of hydrogen-bond donors (Lipinski definition) is 1. The highest BCUT2D eigenvalue weighted by molar-refractivity contribution is 7.89. The van der Waals surface area contributed by atoms with Crippen molar-refractivity contribution >= 4 is 15.7 Å². The topological polar surface area (TPSA) is 71.4 Å². The molecule has 1 heterocycles. The summed E-state index contributed by atoms with van der Waals surface area (Å²) in [7, 11) is -3.63. The van der Waals surface area contributed by atoms with Gasteiger partial charge in [0.1, 0.15) is 0 Å². The smallest absolute Gasteiger partial charge is 0.255 e. The zero-order valence-corrected chi connectivity index (χ0v) is 11.1. The molecule has 0 amide bonds. The summed E-state index contributed by atoms with van der Waals surface area (Å²) in [6.45, 7) is 1.69. The summed E-state index contributed by atoms with van der Waals surface area (Å²) in [5.41, 5.74) is 1.12. The van der Waals surface area contributed by atoms with Crippen LogP contribution in [0.5, 0.6) is 0 Å². The van der Waals surface area contributed by atoms with Gasteiger partial charge in [-0.1, -0.05) is 24.3 Å². The number of sulfonamides is 1. The summed E-state index contributed by atoms with van der Waals surface area (Å²) in [5, 5.41) is 3.86. The lowest BCUT2D eigenvalue weighted by Gasteiger charge is -2.04. The Labute approximate surface area is 112 Å². The van der Waals surface area contributed by atoms with Crippen molar-refractivity contribution in [2.45, 2.75) is 11.8 Å². The number of nitrogens with zero attached hydrogens (tertiary/aromatic N) is 2. The number of rotatable bonds is 4. The normalized spacial score (nSPS) is 12.2. The van der Waals surface area contributed by atoms with Crippen molar-refractivity contribution < 1.29 is 8.42 Å². The molecule has 0 aliphatic heterocycles. The second-order valence-electron chi connectivity index (χ2n) is 3.82. The van der Waals surface area contributed by atoms with E-state index in [0.717, 1.165) is 0 Å². The Bertz CT molecular complexity index is 668. The van der Waals surface area contributed by atoms with E-state index in [2.05, 4.69) is 14.9 Å². The van der Waals surface area contributed by atoms with E-state index in [0.29, 0.717) is 11.4 Å². The highest BCUT2D eigenvalue weighted by Crippen LogP contribution is 2.07. The molecule has 0 saturated heterocycles. The summed E-state index contributed by atoms with van der Waals surface area (Å²) in [4.78, 5) is 6.45. The molecule has 0 radical (unpaired) electrons. The summed E-state index contributed by atoms with van der Waals surface area (Å²) in [5.74, 6) is 0. The standard InChI is InChI=1S/C13H13N3O2S/c1-11(13-9-5-6-10-14-13)15-16-19(17,18)12-7-3-2-4-8-12/h2-10,16H,1H3. The summed E-state index contributed by atoms with van der Waals surface area (Å²) >= 11 is 0. The van der Waals surface area contributed by atoms with Crippen LogP contribution in [-0.4, -0.2) is 19.1 Å². The average molecular weight is 275 g/mol. The fourth-order valence-corrected chi connectivity index (χ4v) is 2.29. The van der Waals surface area contributed by atoms with Gasteiger partial charge in [-0.2, -0.15) is 18.4 Å². The second kappa shape index (κ2) is 5.62. The number of pyridine rings is 1. The van der Waals surface area contributed by atoms with Gasteiger partial charge in [0.15, 0.2) is 0 Å². The summed E-state index contributed by atoms with van der Waals surface area (Å²) in [6.07, 6.45) is 1.63. The van der Waals surface area contributed by atoms with Crippen LogP contribution >= 0.6 is 0 Å². The molecule has 0 spiro atoms. The van der Waals surface area contributed by atoms with E-state index in [1.165, 1.54) is 12.1 Å². The molecular formula is C13H13N3O2S. The van der Waals surface area contributed by atoms with Crippen LogP contribution in [0.4, 0.5) is 0 Å². The molecule has 2 aromatic rings. The first-order valence-corrected chi connectivity index (χ1v) is 7.10. The molecule has 0 aliphatic carbocycles. The minimum atomic E-state index is -3.63. The van der Waals surface area contributed by atoms with Crippen molar-refractivity contribution in [3.8, 4) is 0 Å². The highest BCUT2D eigenvalue weighted by Gasteiger charge is 2.11. The number of hydrogen-bond acceptors (Lipinski definition) is 4. The molecule has 98 valence electrons. The Morgan fingerprint density at radius 2 is 1.79 bits per heavy atom. The Hall–Kier alpha value is -2.21.